The molecule has 5 nitrogen and oxygen atoms in total. The van der Waals surface area contributed by atoms with Crippen LogP contribution < -0.4 is 10.6 Å². The molecule has 0 saturated heterocycles. The van der Waals surface area contributed by atoms with E-state index in [0.717, 1.165) is 23.3 Å². The van der Waals surface area contributed by atoms with Crippen molar-refractivity contribution in [3.8, 4) is 0 Å². The molecule has 6 heteroatoms. The zero-order valence-electron chi connectivity index (χ0n) is 17.4. The van der Waals surface area contributed by atoms with Gasteiger partial charge in [-0.1, -0.05) is 60.2 Å². The Kier molecular flexibility index (Phi) is 9.89. The van der Waals surface area contributed by atoms with Gasteiger partial charge in [0.15, 0.2) is 5.96 Å². The molecule has 1 heterocycles. The van der Waals surface area contributed by atoms with Gasteiger partial charge in [-0.25, -0.2) is 0 Å². The van der Waals surface area contributed by atoms with Gasteiger partial charge in [-0.3, -0.25) is 4.99 Å². The number of rotatable bonds is 8. The second-order valence-corrected chi connectivity index (χ2v) is 7.15. The lowest BCUT2D eigenvalue weighted by Crippen LogP contribution is -2.40. The van der Waals surface area contributed by atoms with E-state index in [1.165, 1.54) is 5.56 Å². The molecule has 30 heavy (non-hydrogen) atoms. The average molecular weight is 519 g/mol. The largest absolute Gasteiger partial charge is 0.469 e. The third-order valence-corrected chi connectivity index (χ3v) is 4.75. The first-order chi connectivity index (χ1) is 14.1. The number of aliphatic hydroxyl groups excluding tert-OH is 1. The molecule has 160 valence electrons. The number of aliphatic hydroxyl groups is 1. The van der Waals surface area contributed by atoms with E-state index >= 15 is 0 Å². The van der Waals surface area contributed by atoms with E-state index < -0.39 is 6.10 Å². The van der Waals surface area contributed by atoms with E-state index in [0.29, 0.717) is 12.5 Å². The minimum atomic E-state index is -0.648. The summed E-state index contributed by atoms with van der Waals surface area (Å²) in [6.07, 6.45) is 1.79. The van der Waals surface area contributed by atoms with Crippen molar-refractivity contribution in [1.82, 2.24) is 10.6 Å². The Morgan fingerprint density at radius 2 is 1.80 bits per heavy atom. The molecule has 0 fully saturated rings. The van der Waals surface area contributed by atoms with Crippen molar-refractivity contribution in [2.24, 2.45) is 4.99 Å². The first-order valence-electron chi connectivity index (χ1n) is 9.98. The van der Waals surface area contributed by atoms with Crippen molar-refractivity contribution in [2.45, 2.75) is 32.4 Å². The molecule has 2 unspecified atom stereocenters. The number of furan rings is 1. The summed E-state index contributed by atoms with van der Waals surface area (Å²) in [5.41, 5.74) is 3.17. The predicted octanol–water partition coefficient (Wildman–Crippen LogP) is 4.78. The maximum absolute atomic E-state index is 10.5. The van der Waals surface area contributed by atoms with Crippen LogP contribution in [0.25, 0.3) is 0 Å². The molecule has 3 rings (SSSR count). The van der Waals surface area contributed by atoms with Crippen LogP contribution in [0.3, 0.4) is 0 Å². The molecule has 3 aromatic rings. The highest BCUT2D eigenvalue weighted by molar-refractivity contribution is 14.0. The van der Waals surface area contributed by atoms with Gasteiger partial charge in [-0.05, 0) is 37.1 Å². The molecule has 0 bridgehead atoms. The van der Waals surface area contributed by atoms with E-state index in [1.807, 2.05) is 61.5 Å². The first kappa shape index (κ1) is 24.0. The molecule has 0 saturated carbocycles. The number of halogens is 1. The van der Waals surface area contributed by atoms with E-state index in [9.17, 15) is 5.11 Å². The Balaban J connectivity index is 0.00000320. The third kappa shape index (κ3) is 7.50. The molecular weight excluding hydrogens is 489 g/mol. The van der Waals surface area contributed by atoms with Gasteiger partial charge in [0.05, 0.1) is 25.0 Å². The summed E-state index contributed by atoms with van der Waals surface area (Å²) >= 11 is 0. The Labute approximate surface area is 195 Å². The highest BCUT2D eigenvalue weighted by atomic mass is 127. The highest BCUT2D eigenvalue weighted by Gasteiger charge is 2.11. The fraction of sp³-hybridized carbons (Fsp3) is 0.292. The van der Waals surface area contributed by atoms with Gasteiger partial charge in [-0.2, -0.15) is 0 Å². The van der Waals surface area contributed by atoms with Crippen molar-refractivity contribution in [3.05, 3.63) is 95.4 Å². The molecule has 0 amide bonds. The zero-order valence-corrected chi connectivity index (χ0v) is 19.7. The van der Waals surface area contributed by atoms with Crippen molar-refractivity contribution in [3.63, 3.8) is 0 Å². The van der Waals surface area contributed by atoms with Crippen LogP contribution in [0.1, 0.15) is 41.5 Å². The van der Waals surface area contributed by atoms with Crippen LogP contribution >= 0.6 is 24.0 Å². The van der Waals surface area contributed by atoms with Crippen molar-refractivity contribution < 1.29 is 9.52 Å². The summed E-state index contributed by atoms with van der Waals surface area (Å²) < 4.78 is 5.39. The molecule has 0 aliphatic rings. The number of hydrogen-bond acceptors (Lipinski definition) is 3. The molecular formula is C24H30IN3O2. The van der Waals surface area contributed by atoms with Crippen molar-refractivity contribution in [2.75, 3.05) is 13.1 Å². The van der Waals surface area contributed by atoms with Crippen LogP contribution in [0.15, 0.2) is 82.4 Å². The SMILES string of the molecule is Cc1cccc(C(O)CN=C(NCCc2ccco2)NC(C)c2ccccc2)c1.I. The standard InChI is InChI=1S/C24H29N3O2.HI/c1-18-8-6-11-21(16-18)23(28)17-26-24(25-14-13-22-12-7-15-29-22)27-19(2)20-9-4-3-5-10-20;/h3-12,15-16,19,23,28H,13-14,17H2,1-2H3,(H2,25,26,27);1H. The molecule has 1 aromatic heterocycles. The number of nitrogens with zero attached hydrogens (tertiary/aromatic N) is 1. The smallest absolute Gasteiger partial charge is 0.191 e. The van der Waals surface area contributed by atoms with Crippen LogP contribution in [0, 0.1) is 6.92 Å². The van der Waals surface area contributed by atoms with Crippen LogP contribution in [0.4, 0.5) is 0 Å². The zero-order chi connectivity index (χ0) is 20.5. The van der Waals surface area contributed by atoms with Gasteiger partial charge in [0.25, 0.3) is 0 Å². The molecule has 3 N–H and O–H groups in total. The number of hydrogen-bond donors (Lipinski definition) is 3. The maximum Gasteiger partial charge on any atom is 0.191 e. The lowest BCUT2D eigenvalue weighted by Gasteiger charge is -2.19. The molecule has 2 atom stereocenters. The van der Waals surface area contributed by atoms with Gasteiger partial charge in [-0.15, -0.1) is 24.0 Å². The van der Waals surface area contributed by atoms with Gasteiger partial charge < -0.3 is 20.2 Å². The van der Waals surface area contributed by atoms with Gasteiger partial charge in [0.2, 0.25) is 0 Å². The second kappa shape index (κ2) is 12.4. The minimum Gasteiger partial charge on any atom is -0.469 e. The number of benzene rings is 2. The average Bonchev–Trinajstić information content (AvgIpc) is 3.25. The van der Waals surface area contributed by atoms with Crippen LogP contribution in [-0.4, -0.2) is 24.2 Å². The van der Waals surface area contributed by atoms with E-state index in [1.54, 1.807) is 6.26 Å². The third-order valence-electron chi connectivity index (χ3n) is 4.75. The summed E-state index contributed by atoms with van der Waals surface area (Å²) in [7, 11) is 0. The van der Waals surface area contributed by atoms with E-state index in [-0.39, 0.29) is 36.6 Å². The minimum absolute atomic E-state index is 0. The molecule has 2 aromatic carbocycles. The molecule has 0 radical (unpaired) electrons. The summed E-state index contributed by atoms with van der Waals surface area (Å²) in [5, 5.41) is 17.3. The number of aryl methyl sites for hydroxylation is 1. The van der Waals surface area contributed by atoms with E-state index in [4.69, 9.17) is 4.42 Å². The van der Waals surface area contributed by atoms with Crippen LogP contribution in [-0.2, 0) is 6.42 Å². The number of guanidine groups is 1. The van der Waals surface area contributed by atoms with Gasteiger partial charge >= 0.3 is 0 Å². The molecule has 0 spiro atoms. The first-order valence-corrected chi connectivity index (χ1v) is 9.98. The second-order valence-electron chi connectivity index (χ2n) is 7.15. The predicted molar refractivity (Wildman–Crippen MR) is 132 cm³/mol. The fourth-order valence-corrected chi connectivity index (χ4v) is 3.10. The summed E-state index contributed by atoms with van der Waals surface area (Å²) in [5.74, 6) is 1.59. The molecule has 0 aliphatic heterocycles. The Morgan fingerprint density at radius 3 is 2.50 bits per heavy atom. The lowest BCUT2D eigenvalue weighted by atomic mass is 10.1. The topological polar surface area (TPSA) is 69.8 Å². The normalized spacial score (nSPS) is 13.2. The van der Waals surface area contributed by atoms with E-state index in [2.05, 4.69) is 34.7 Å². The summed E-state index contributed by atoms with van der Waals surface area (Å²) in [6, 6.07) is 22.0. The quantitative estimate of drug-likeness (QED) is 0.228. The molecule has 0 aliphatic carbocycles. The fourth-order valence-electron chi connectivity index (χ4n) is 3.10. The summed E-state index contributed by atoms with van der Waals surface area (Å²) in [6.45, 7) is 5.07. The van der Waals surface area contributed by atoms with Crippen molar-refractivity contribution >= 4 is 29.9 Å². The lowest BCUT2D eigenvalue weighted by molar-refractivity contribution is 0.187. The highest BCUT2D eigenvalue weighted by Crippen LogP contribution is 2.15. The van der Waals surface area contributed by atoms with Crippen LogP contribution in [0.5, 0.6) is 0 Å². The number of aliphatic imine (C=N–C) groups is 1. The van der Waals surface area contributed by atoms with Crippen LogP contribution in [0.2, 0.25) is 0 Å². The van der Waals surface area contributed by atoms with Gasteiger partial charge in [0, 0.05) is 13.0 Å². The maximum atomic E-state index is 10.5. The Bertz CT molecular complexity index is 898. The summed E-state index contributed by atoms with van der Waals surface area (Å²) in [4.78, 5) is 4.63. The number of nitrogens with one attached hydrogen (secondary N) is 2. The monoisotopic (exact) mass is 519 g/mol. The Hall–Kier alpha value is -2.32. The van der Waals surface area contributed by atoms with Gasteiger partial charge in [0.1, 0.15) is 5.76 Å². The Morgan fingerprint density at radius 1 is 1.03 bits per heavy atom. The van der Waals surface area contributed by atoms with Crippen molar-refractivity contribution in [1.29, 1.82) is 0 Å².